The number of guanidine groups is 1. The minimum Gasteiger partial charge on any atom is -0.385 e. The number of ether oxygens (including phenoxy) is 2. The zero-order valence-corrected chi connectivity index (χ0v) is 22.9. The van der Waals surface area contributed by atoms with E-state index in [1.54, 1.807) is 7.11 Å². The molecule has 1 saturated carbocycles. The molecule has 1 aromatic carbocycles. The van der Waals surface area contributed by atoms with Gasteiger partial charge in [0.15, 0.2) is 5.96 Å². The Hall–Kier alpha value is -1.39. The molecule has 8 heteroatoms. The second-order valence-corrected chi connectivity index (χ2v) is 9.31. The Morgan fingerprint density at radius 1 is 1.18 bits per heavy atom. The van der Waals surface area contributed by atoms with Crippen molar-refractivity contribution >= 4 is 35.8 Å². The number of morpholine rings is 1. The molecule has 0 radical (unpaired) electrons. The highest BCUT2D eigenvalue weighted by atomic mass is 127. The van der Waals surface area contributed by atoms with Gasteiger partial charge in [0.2, 0.25) is 0 Å². The van der Waals surface area contributed by atoms with E-state index in [-0.39, 0.29) is 42.1 Å². The van der Waals surface area contributed by atoms with Crippen molar-refractivity contribution in [2.24, 2.45) is 10.4 Å². The third-order valence-corrected chi connectivity index (χ3v) is 6.55. The predicted octanol–water partition coefficient (Wildman–Crippen LogP) is 3.82. The molecule has 1 aliphatic heterocycles. The molecule has 1 aromatic rings. The van der Waals surface area contributed by atoms with Crippen molar-refractivity contribution in [2.75, 3.05) is 39.9 Å². The third kappa shape index (κ3) is 8.10. The smallest absolute Gasteiger partial charge is 0.254 e. The van der Waals surface area contributed by atoms with Gasteiger partial charge in [0.25, 0.3) is 5.91 Å². The van der Waals surface area contributed by atoms with Crippen LogP contribution in [-0.4, -0.2) is 68.9 Å². The molecule has 0 spiro atoms. The standard InChI is InChI=1S/C25H40N4O3.HI/c1-5-26-24(28-18-25(11-6-12-25)13-14-31-4)27-15-21-7-9-22(10-8-21)23(30)29-16-19(2)32-20(3)17-29;/h7-10,19-20H,5-6,11-18H2,1-4H3,(H2,26,27,28);1H. The Balaban J connectivity index is 0.00000385. The lowest BCUT2D eigenvalue weighted by atomic mass is 9.67. The van der Waals surface area contributed by atoms with Crippen LogP contribution in [-0.2, 0) is 16.0 Å². The van der Waals surface area contributed by atoms with Crippen molar-refractivity contribution in [1.82, 2.24) is 15.5 Å². The van der Waals surface area contributed by atoms with Gasteiger partial charge in [-0.05, 0) is 63.1 Å². The number of nitrogens with zero attached hydrogens (tertiary/aromatic N) is 2. The van der Waals surface area contributed by atoms with Crippen LogP contribution < -0.4 is 10.6 Å². The zero-order valence-electron chi connectivity index (χ0n) is 20.6. The van der Waals surface area contributed by atoms with Crippen molar-refractivity contribution in [1.29, 1.82) is 0 Å². The number of rotatable bonds is 9. The topological polar surface area (TPSA) is 75.2 Å². The average Bonchev–Trinajstić information content (AvgIpc) is 2.75. The van der Waals surface area contributed by atoms with Gasteiger partial charge in [-0.15, -0.1) is 24.0 Å². The Bertz CT molecular complexity index is 757. The molecule has 1 saturated heterocycles. The normalized spacial score (nSPS) is 22.2. The van der Waals surface area contributed by atoms with Crippen molar-refractivity contribution < 1.29 is 14.3 Å². The van der Waals surface area contributed by atoms with E-state index in [9.17, 15) is 4.79 Å². The lowest BCUT2D eigenvalue weighted by molar-refractivity contribution is -0.0586. The Labute approximate surface area is 216 Å². The molecule has 1 aliphatic carbocycles. The quantitative estimate of drug-likeness (QED) is 0.268. The maximum absolute atomic E-state index is 12.9. The van der Waals surface area contributed by atoms with Gasteiger partial charge in [0.1, 0.15) is 0 Å². The summed E-state index contributed by atoms with van der Waals surface area (Å²) in [7, 11) is 1.77. The molecule has 2 fully saturated rings. The highest BCUT2D eigenvalue weighted by molar-refractivity contribution is 14.0. The number of carbonyl (C=O) groups excluding carboxylic acids is 1. The van der Waals surface area contributed by atoms with Gasteiger partial charge < -0.3 is 25.0 Å². The van der Waals surface area contributed by atoms with Gasteiger partial charge in [0.05, 0.1) is 18.8 Å². The van der Waals surface area contributed by atoms with Gasteiger partial charge in [-0.2, -0.15) is 0 Å². The summed E-state index contributed by atoms with van der Waals surface area (Å²) in [4.78, 5) is 19.5. The third-order valence-electron chi connectivity index (χ3n) is 6.55. The molecule has 2 atom stereocenters. The largest absolute Gasteiger partial charge is 0.385 e. The second kappa shape index (κ2) is 13.5. The van der Waals surface area contributed by atoms with Gasteiger partial charge in [-0.25, -0.2) is 4.99 Å². The van der Waals surface area contributed by atoms with Gasteiger partial charge >= 0.3 is 0 Å². The van der Waals surface area contributed by atoms with Crippen LogP contribution in [0.4, 0.5) is 0 Å². The number of hydrogen-bond acceptors (Lipinski definition) is 4. The number of benzene rings is 1. The van der Waals surface area contributed by atoms with Crippen molar-refractivity contribution in [3.8, 4) is 0 Å². The Morgan fingerprint density at radius 2 is 1.85 bits per heavy atom. The van der Waals surface area contributed by atoms with E-state index in [4.69, 9.17) is 14.5 Å². The first-order valence-corrected chi connectivity index (χ1v) is 12.0. The predicted molar refractivity (Wildman–Crippen MR) is 143 cm³/mol. The van der Waals surface area contributed by atoms with E-state index in [0.717, 1.165) is 37.6 Å². The van der Waals surface area contributed by atoms with Crippen LogP contribution in [0, 0.1) is 5.41 Å². The molecule has 2 unspecified atom stereocenters. The summed E-state index contributed by atoms with van der Waals surface area (Å²) in [5, 5.41) is 6.88. The maximum atomic E-state index is 12.9. The van der Waals surface area contributed by atoms with E-state index in [1.807, 2.05) is 43.0 Å². The molecule has 0 bridgehead atoms. The average molecular weight is 573 g/mol. The second-order valence-electron chi connectivity index (χ2n) is 9.31. The molecule has 0 aromatic heterocycles. The number of halogens is 1. The van der Waals surface area contributed by atoms with Crippen LogP contribution in [0.2, 0.25) is 0 Å². The van der Waals surface area contributed by atoms with Crippen molar-refractivity contribution in [3.05, 3.63) is 35.4 Å². The van der Waals surface area contributed by atoms with Crippen LogP contribution in [0.5, 0.6) is 0 Å². The zero-order chi connectivity index (χ0) is 23.0. The summed E-state index contributed by atoms with van der Waals surface area (Å²) in [6.07, 6.45) is 5.03. The Morgan fingerprint density at radius 3 is 2.39 bits per heavy atom. The molecule has 1 amide bonds. The lowest BCUT2D eigenvalue weighted by Gasteiger charge is -2.42. The molecule has 3 rings (SSSR count). The fourth-order valence-electron chi connectivity index (χ4n) is 4.57. The van der Waals surface area contributed by atoms with Gasteiger partial charge in [0, 0.05) is 45.5 Å². The number of amides is 1. The van der Waals surface area contributed by atoms with Crippen molar-refractivity contribution in [3.63, 3.8) is 0 Å². The minimum atomic E-state index is 0. The molecule has 7 nitrogen and oxygen atoms in total. The first-order chi connectivity index (χ1) is 15.4. The summed E-state index contributed by atoms with van der Waals surface area (Å²) in [6.45, 7) is 10.5. The van der Waals surface area contributed by atoms with Crippen LogP contribution in [0.3, 0.4) is 0 Å². The molecule has 2 N–H and O–H groups in total. The molecule has 2 aliphatic rings. The summed E-state index contributed by atoms with van der Waals surface area (Å²) < 4.78 is 11.0. The van der Waals surface area contributed by atoms with E-state index < -0.39 is 0 Å². The first-order valence-electron chi connectivity index (χ1n) is 12.0. The van der Waals surface area contributed by atoms with E-state index >= 15 is 0 Å². The van der Waals surface area contributed by atoms with Gasteiger partial charge in [-0.1, -0.05) is 18.6 Å². The fourth-order valence-corrected chi connectivity index (χ4v) is 4.57. The monoisotopic (exact) mass is 572 g/mol. The summed E-state index contributed by atoms with van der Waals surface area (Å²) in [5.74, 6) is 0.909. The maximum Gasteiger partial charge on any atom is 0.254 e. The lowest BCUT2D eigenvalue weighted by Crippen LogP contribution is -2.48. The highest BCUT2D eigenvalue weighted by Crippen LogP contribution is 2.43. The highest BCUT2D eigenvalue weighted by Gasteiger charge is 2.36. The number of methoxy groups -OCH3 is 1. The van der Waals surface area contributed by atoms with E-state index in [1.165, 1.54) is 19.3 Å². The first kappa shape index (κ1) is 27.9. The van der Waals surface area contributed by atoms with Gasteiger partial charge in [-0.3, -0.25) is 4.79 Å². The summed E-state index contributed by atoms with van der Waals surface area (Å²) in [6, 6.07) is 7.82. The van der Waals surface area contributed by atoms with Crippen LogP contribution in [0.25, 0.3) is 0 Å². The van der Waals surface area contributed by atoms with E-state index in [0.29, 0.717) is 30.6 Å². The molecular formula is C25H41IN4O3. The van der Waals surface area contributed by atoms with Crippen molar-refractivity contribution in [2.45, 2.75) is 65.2 Å². The Kier molecular flexibility index (Phi) is 11.4. The number of carbonyl (C=O) groups is 1. The van der Waals surface area contributed by atoms with Crippen LogP contribution in [0.1, 0.15) is 62.4 Å². The molecular weight excluding hydrogens is 531 g/mol. The van der Waals surface area contributed by atoms with Crippen LogP contribution in [0.15, 0.2) is 29.3 Å². The number of hydrogen-bond donors (Lipinski definition) is 2. The SMILES string of the molecule is CCNC(=NCc1ccc(C(=O)N2CC(C)OC(C)C2)cc1)NCC1(CCOC)CCC1.I. The molecule has 1 heterocycles. The molecule has 33 heavy (non-hydrogen) atoms. The van der Waals surface area contributed by atoms with Crippen LogP contribution >= 0.6 is 24.0 Å². The number of aliphatic imine (C=N–C) groups is 1. The summed E-state index contributed by atoms with van der Waals surface area (Å²) >= 11 is 0. The van der Waals surface area contributed by atoms with E-state index in [2.05, 4.69) is 17.6 Å². The summed E-state index contributed by atoms with van der Waals surface area (Å²) in [5.41, 5.74) is 2.14. The number of nitrogens with one attached hydrogen (secondary N) is 2. The minimum absolute atomic E-state index is 0. The fraction of sp³-hybridized carbons (Fsp3) is 0.680. The molecule has 186 valence electrons.